The Bertz CT molecular complexity index is 761. The normalized spacial score (nSPS) is 38.1. The van der Waals surface area contributed by atoms with Gasteiger partial charge >= 0.3 is 0 Å². The van der Waals surface area contributed by atoms with Gasteiger partial charge in [0, 0.05) is 5.56 Å². The lowest BCUT2D eigenvalue weighted by Crippen LogP contribution is -2.46. The van der Waals surface area contributed by atoms with E-state index >= 15 is 0 Å². The predicted molar refractivity (Wildman–Crippen MR) is 85.2 cm³/mol. The predicted octanol–water partition coefficient (Wildman–Crippen LogP) is 1.69. The summed E-state index contributed by atoms with van der Waals surface area (Å²) < 4.78 is 0. The molecule has 6 atom stereocenters. The molecule has 0 spiro atoms. The number of aryl methyl sites for hydroxylation is 1. The third-order valence-corrected chi connectivity index (χ3v) is 6.19. The Morgan fingerprint density at radius 1 is 1.00 bits per heavy atom. The van der Waals surface area contributed by atoms with Gasteiger partial charge in [-0.2, -0.15) is 5.01 Å². The number of nitrogens with one attached hydrogen (secondary N) is 1. The number of carbonyl (C=O) groups excluding carboxylic acids is 3. The van der Waals surface area contributed by atoms with Crippen molar-refractivity contribution in [1.82, 2.24) is 10.4 Å². The Balaban J connectivity index is 1.40. The molecule has 3 fully saturated rings. The van der Waals surface area contributed by atoms with E-state index in [1.165, 1.54) is 0 Å². The Labute approximate surface area is 139 Å². The smallest absolute Gasteiger partial charge is 0.270 e. The van der Waals surface area contributed by atoms with Crippen LogP contribution in [0.3, 0.4) is 0 Å². The van der Waals surface area contributed by atoms with Gasteiger partial charge < -0.3 is 0 Å². The van der Waals surface area contributed by atoms with Crippen molar-refractivity contribution in [3.63, 3.8) is 0 Å². The van der Waals surface area contributed by atoms with Gasteiger partial charge in [0.15, 0.2) is 0 Å². The molecule has 122 valence electrons. The molecule has 1 aromatic carbocycles. The first kappa shape index (κ1) is 14.0. The number of amides is 3. The van der Waals surface area contributed by atoms with Crippen LogP contribution >= 0.6 is 0 Å². The summed E-state index contributed by atoms with van der Waals surface area (Å²) in [6.45, 7) is 1.94. The van der Waals surface area contributed by atoms with Gasteiger partial charge in [0.1, 0.15) is 0 Å². The Morgan fingerprint density at radius 3 is 2.08 bits per heavy atom. The van der Waals surface area contributed by atoms with Crippen molar-refractivity contribution in [2.24, 2.45) is 35.5 Å². The quantitative estimate of drug-likeness (QED) is 0.666. The van der Waals surface area contributed by atoms with Crippen LogP contribution in [0.15, 0.2) is 36.4 Å². The van der Waals surface area contributed by atoms with Gasteiger partial charge in [-0.15, -0.1) is 0 Å². The summed E-state index contributed by atoms with van der Waals surface area (Å²) in [5.41, 5.74) is 4.03. The third-order valence-electron chi connectivity index (χ3n) is 6.19. The maximum absolute atomic E-state index is 12.8. The molecule has 1 heterocycles. The van der Waals surface area contributed by atoms with E-state index in [0.717, 1.165) is 17.0 Å². The highest BCUT2D eigenvalue weighted by Gasteiger charge is 2.67. The second kappa shape index (κ2) is 4.56. The number of hydrogen-bond donors (Lipinski definition) is 1. The molecule has 0 aromatic heterocycles. The molecule has 5 heteroatoms. The second-order valence-corrected chi connectivity index (χ2v) is 7.47. The number of imide groups is 1. The largest absolute Gasteiger partial charge is 0.272 e. The molecular formula is C19H18N2O3. The van der Waals surface area contributed by atoms with Gasteiger partial charge in [-0.1, -0.05) is 29.8 Å². The third kappa shape index (κ3) is 1.72. The fraction of sp³-hybridized carbons (Fsp3) is 0.421. The molecule has 4 aliphatic carbocycles. The summed E-state index contributed by atoms with van der Waals surface area (Å²) in [5.74, 6) is -0.00257. The summed E-state index contributed by atoms with van der Waals surface area (Å²) in [6, 6.07) is 7.06. The van der Waals surface area contributed by atoms with Crippen molar-refractivity contribution in [2.75, 3.05) is 0 Å². The summed E-state index contributed by atoms with van der Waals surface area (Å²) in [5, 5.41) is 0.981. The van der Waals surface area contributed by atoms with E-state index in [-0.39, 0.29) is 35.5 Å². The Hall–Kier alpha value is -2.43. The number of carbonyl (C=O) groups is 3. The average molecular weight is 322 g/mol. The zero-order valence-corrected chi connectivity index (χ0v) is 13.3. The minimum atomic E-state index is -0.416. The minimum Gasteiger partial charge on any atom is -0.272 e. The van der Waals surface area contributed by atoms with Crippen molar-refractivity contribution >= 4 is 17.7 Å². The van der Waals surface area contributed by atoms with Crippen LogP contribution in [0.25, 0.3) is 0 Å². The molecule has 6 rings (SSSR count). The van der Waals surface area contributed by atoms with Crippen LogP contribution in [0.4, 0.5) is 0 Å². The molecule has 24 heavy (non-hydrogen) atoms. The van der Waals surface area contributed by atoms with Crippen LogP contribution in [-0.4, -0.2) is 22.7 Å². The fourth-order valence-electron chi connectivity index (χ4n) is 4.94. The van der Waals surface area contributed by atoms with Crippen molar-refractivity contribution < 1.29 is 14.4 Å². The second-order valence-electron chi connectivity index (χ2n) is 7.47. The molecule has 1 aliphatic heterocycles. The number of hydrazine groups is 1. The van der Waals surface area contributed by atoms with Gasteiger partial charge in [0.2, 0.25) is 0 Å². The van der Waals surface area contributed by atoms with E-state index in [4.69, 9.17) is 0 Å². The molecular weight excluding hydrogens is 304 g/mol. The highest BCUT2D eigenvalue weighted by Crippen LogP contribution is 2.65. The first-order valence-electron chi connectivity index (χ1n) is 8.50. The van der Waals surface area contributed by atoms with Gasteiger partial charge in [0.05, 0.1) is 11.8 Å². The van der Waals surface area contributed by atoms with Crippen LogP contribution in [0.5, 0.6) is 0 Å². The first-order valence-corrected chi connectivity index (χ1v) is 8.50. The maximum atomic E-state index is 12.8. The summed E-state index contributed by atoms with van der Waals surface area (Å²) in [7, 11) is 0. The summed E-state index contributed by atoms with van der Waals surface area (Å²) in [4.78, 5) is 38.0. The molecule has 5 nitrogen and oxygen atoms in total. The molecule has 2 saturated carbocycles. The van der Waals surface area contributed by atoms with Gasteiger partial charge in [-0.25, -0.2) is 0 Å². The Kier molecular flexibility index (Phi) is 2.65. The molecule has 0 radical (unpaired) electrons. The van der Waals surface area contributed by atoms with E-state index in [1.807, 2.05) is 19.1 Å². The van der Waals surface area contributed by atoms with Crippen molar-refractivity contribution in [2.45, 2.75) is 13.3 Å². The van der Waals surface area contributed by atoms with E-state index < -0.39 is 5.91 Å². The fourth-order valence-corrected chi connectivity index (χ4v) is 4.94. The number of rotatable bonds is 2. The van der Waals surface area contributed by atoms with Crippen LogP contribution in [-0.2, 0) is 9.59 Å². The zero-order chi connectivity index (χ0) is 16.6. The van der Waals surface area contributed by atoms with E-state index in [0.29, 0.717) is 17.4 Å². The van der Waals surface area contributed by atoms with Crippen LogP contribution in [0.2, 0.25) is 0 Å². The molecule has 5 aliphatic rings. The molecule has 0 unspecified atom stereocenters. The van der Waals surface area contributed by atoms with Crippen molar-refractivity contribution in [1.29, 1.82) is 0 Å². The number of allylic oxidation sites excluding steroid dienone is 2. The first-order chi connectivity index (χ1) is 11.6. The lowest BCUT2D eigenvalue weighted by Gasteiger charge is -2.37. The monoisotopic (exact) mass is 322 g/mol. The molecule has 1 saturated heterocycles. The summed E-state index contributed by atoms with van der Waals surface area (Å²) >= 11 is 0. The average Bonchev–Trinajstić information content (AvgIpc) is 3.36. The van der Waals surface area contributed by atoms with Crippen LogP contribution in [0, 0.1) is 42.4 Å². The standard InChI is InChI=1S/C19H18N2O3/c1-9-2-4-10(5-3-9)17(22)20-21-18(23)15-11-6-7-12(14-8-13(11)14)16(15)19(21)24/h2-7,11-16H,8H2,1H3,(H,20,22)/t11-,12-,13-,14-,15+,16+/m0/s1. The van der Waals surface area contributed by atoms with Crippen molar-refractivity contribution in [3.05, 3.63) is 47.5 Å². The lowest BCUT2D eigenvalue weighted by atomic mass is 9.63. The SMILES string of the molecule is Cc1ccc(C(=O)NN2C(=O)[C@@H]3[C@H]4C=C[C@@H]([C@@H]5C[C@@H]45)[C@H]3C2=O)cc1. The molecule has 2 bridgehead atoms. The van der Waals surface area contributed by atoms with Gasteiger partial charge in [-0.3, -0.25) is 19.8 Å². The highest BCUT2D eigenvalue weighted by atomic mass is 16.2. The van der Waals surface area contributed by atoms with E-state index in [9.17, 15) is 14.4 Å². The van der Waals surface area contributed by atoms with Crippen molar-refractivity contribution in [3.8, 4) is 0 Å². The highest BCUT2D eigenvalue weighted by molar-refractivity contribution is 6.08. The number of hydrogen-bond acceptors (Lipinski definition) is 3. The lowest BCUT2D eigenvalue weighted by molar-refractivity contribution is -0.143. The van der Waals surface area contributed by atoms with Crippen LogP contribution in [0.1, 0.15) is 22.3 Å². The Morgan fingerprint density at radius 2 is 1.54 bits per heavy atom. The maximum Gasteiger partial charge on any atom is 0.270 e. The minimum absolute atomic E-state index is 0.169. The zero-order valence-electron chi connectivity index (χ0n) is 13.3. The van der Waals surface area contributed by atoms with Gasteiger partial charge in [0.25, 0.3) is 17.7 Å². The topological polar surface area (TPSA) is 66.5 Å². The molecule has 1 aromatic rings. The van der Waals surface area contributed by atoms with E-state index in [1.54, 1.807) is 12.1 Å². The number of benzene rings is 1. The summed E-state index contributed by atoms with van der Waals surface area (Å²) in [6.07, 6.45) is 5.37. The van der Waals surface area contributed by atoms with Crippen LogP contribution < -0.4 is 5.43 Å². The number of nitrogens with zero attached hydrogens (tertiary/aromatic N) is 1. The van der Waals surface area contributed by atoms with E-state index in [2.05, 4.69) is 17.6 Å². The molecule has 3 amide bonds. The molecule has 1 N–H and O–H groups in total. The van der Waals surface area contributed by atoms with Gasteiger partial charge in [-0.05, 0) is 49.1 Å².